The molecule has 124 valence electrons. The fourth-order valence-corrected chi connectivity index (χ4v) is 2.58. The molecular formula is C17H24ClN4O+. The van der Waals surface area contributed by atoms with E-state index in [2.05, 4.69) is 31.4 Å². The molecule has 0 atom stereocenters. The van der Waals surface area contributed by atoms with Gasteiger partial charge in [-0.2, -0.15) is 5.10 Å². The molecule has 1 heterocycles. The van der Waals surface area contributed by atoms with Crippen molar-refractivity contribution in [1.82, 2.24) is 15.1 Å². The Kier molecular flexibility index (Phi) is 6.19. The van der Waals surface area contributed by atoms with Gasteiger partial charge in [0.05, 0.1) is 50.3 Å². The monoisotopic (exact) mass is 335 g/mol. The van der Waals surface area contributed by atoms with Crippen LogP contribution in [0.25, 0.3) is 5.69 Å². The zero-order valence-electron chi connectivity index (χ0n) is 13.9. The molecule has 0 bridgehead atoms. The maximum Gasteiger partial charge on any atom is 0.254 e. The number of rotatable bonds is 7. The van der Waals surface area contributed by atoms with Crippen molar-refractivity contribution in [3.63, 3.8) is 0 Å². The van der Waals surface area contributed by atoms with Crippen LogP contribution in [0.3, 0.4) is 0 Å². The second-order valence-corrected chi connectivity index (χ2v) is 6.30. The quantitative estimate of drug-likeness (QED) is 0.802. The van der Waals surface area contributed by atoms with Gasteiger partial charge in [-0.3, -0.25) is 4.79 Å². The molecule has 1 amide bonds. The summed E-state index contributed by atoms with van der Waals surface area (Å²) >= 11 is 6.07. The van der Waals surface area contributed by atoms with Crippen LogP contribution in [0.2, 0.25) is 5.02 Å². The van der Waals surface area contributed by atoms with Crippen molar-refractivity contribution < 1.29 is 9.69 Å². The SMILES string of the molecule is CCCc1c(C(=O)NCC[NH+](C)C)cnn1-c1cccc(Cl)c1. The molecular weight excluding hydrogens is 312 g/mol. The molecule has 2 rings (SSSR count). The fourth-order valence-electron chi connectivity index (χ4n) is 2.39. The molecule has 0 unspecified atom stereocenters. The van der Waals surface area contributed by atoms with Crippen molar-refractivity contribution >= 4 is 17.5 Å². The Morgan fingerprint density at radius 2 is 2.17 bits per heavy atom. The Morgan fingerprint density at radius 3 is 2.83 bits per heavy atom. The van der Waals surface area contributed by atoms with Crippen molar-refractivity contribution in [2.24, 2.45) is 0 Å². The molecule has 6 heteroatoms. The number of carbonyl (C=O) groups excluding carboxylic acids is 1. The summed E-state index contributed by atoms with van der Waals surface area (Å²) in [5, 5.41) is 8.02. The number of nitrogens with one attached hydrogen (secondary N) is 2. The zero-order chi connectivity index (χ0) is 16.8. The third kappa shape index (κ3) is 4.56. The van der Waals surface area contributed by atoms with Gasteiger partial charge >= 0.3 is 0 Å². The Balaban J connectivity index is 2.25. The summed E-state index contributed by atoms with van der Waals surface area (Å²) in [7, 11) is 4.12. The molecule has 23 heavy (non-hydrogen) atoms. The topological polar surface area (TPSA) is 51.4 Å². The number of likely N-dealkylation sites (N-methyl/N-ethyl adjacent to an activating group) is 1. The summed E-state index contributed by atoms with van der Waals surface area (Å²) in [6.45, 7) is 3.62. The zero-order valence-corrected chi connectivity index (χ0v) is 14.7. The molecule has 0 fully saturated rings. The molecule has 2 N–H and O–H groups in total. The third-order valence-electron chi connectivity index (χ3n) is 3.56. The molecule has 0 radical (unpaired) electrons. The highest BCUT2D eigenvalue weighted by molar-refractivity contribution is 6.30. The molecule has 1 aromatic heterocycles. The maximum atomic E-state index is 12.4. The molecule has 0 saturated carbocycles. The lowest BCUT2D eigenvalue weighted by Gasteiger charge is -2.11. The number of carbonyl (C=O) groups is 1. The van der Waals surface area contributed by atoms with Gasteiger partial charge in [-0.15, -0.1) is 0 Å². The average molecular weight is 336 g/mol. The van der Waals surface area contributed by atoms with E-state index in [0.29, 0.717) is 17.1 Å². The Hall–Kier alpha value is -1.85. The van der Waals surface area contributed by atoms with Gasteiger partial charge in [0.15, 0.2) is 0 Å². The second kappa shape index (κ2) is 8.13. The first-order chi connectivity index (χ1) is 11.0. The summed E-state index contributed by atoms with van der Waals surface area (Å²) in [5.41, 5.74) is 2.43. The van der Waals surface area contributed by atoms with E-state index in [1.807, 2.05) is 28.9 Å². The van der Waals surface area contributed by atoms with E-state index in [-0.39, 0.29) is 5.91 Å². The summed E-state index contributed by atoms with van der Waals surface area (Å²) < 4.78 is 1.81. The van der Waals surface area contributed by atoms with Crippen LogP contribution in [0, 0.1) is 0 Å². The highest BCUT2D eigenvalue weighted by Gasteiger charge is 2.17. The Bertz CT molecular complexity index is 666. The van der Waals surface area contributed by atoms with Crippen LogP contribution in [-0.4, -0.2) is 42.9 Å². The molecule has 0 aliphatic heterocycles. The van der Waals surface area contributed by atoms with Gasteiger partial charge in [0.2, 0.25) is 0 Å². The minimum atomic E-state index is -0.0667. The summed E-state index contributed by atoms with van der Waals surface area (Å²) in [4.78, 5) is 13.7. The predicted octanol–water partition coefficient (Wildman–Crippen LogP) is 1.35. The largest absolute Gasteiger partial charge is 0.346 e. The summed E-state index contributed by atoms with van der Waals surface area (Å²) in [6, 6.07) is 7.50. The van der Waals surface area contributed by atoms with Crippen LogP contribution in [0.1, 0.15) is 29.4 Å². The Morgan fingerprint density at radius 1 is 1.39 bits per heavy atom. The average Bonchev–Trinajstić information content (AvgIpc) is 2.91. The van der Waals surface area contributed by atoms with Gasteiger partial charge in [-0.1, -0.05) is 31.0 Å². The van der Waals surface area contributed by atoms with Crippen molar-refractivity contribution in [1.29, 1.82) is 0 Å². The predicted molar refractivity (Wildman–Crippen MR) is 92.6 cm³/mol. The van der Waals surface area contributed by atoms with Crippen molar-refractivity contribution in [2.45, 2.75) is 19.8 Å². The number of hydrogen-bond donors (Lipinski definition) is 2. The highest BCUT2D eigenvalue weighted by Crippen LogP contribution is 2.19. The lowest BCUT2D eigenvalue weighted by Crippen LogP contribution is -3.06. The van der Waals surface area contributed by atoms with Crippen LogP contribution in [0.4, 0.5) is 0 Å². The van der Waals surface area contributed by atoms with Gasteiger partial charge in [0.25, 0.3) is 5.91 Å². The summed E-state index contributed by atoms with van der Waals surface area (Å²) in [5.74, 6) is -0.0667. The molecule has 1 aromatic carbocycles. The number of nitrogens with zero attached hydrogens (tertiary/aromatic N) is 2. The third-order valence-corrected chi connectivity index (χ3v) is 3.80. The lowest BCUT2D eigenvalue weighted by atomic mass is 10.1. The van der Waals surface area contributed by atoms with Crippen LogP contribution < -0.4 is 10.2 Å². The summed E-state index contributed by atoms with van der Waals surface area (Å²) in [6.07, 6.45) is 3.37. The van der Waals surface area contributed by atoms with Crippen molar-refractivity contribution in [3.8, 4) is 5.69 Å². The van der Waals surface area contributed by atoms with E-state index in [4.69, 9.17) is 11.6 Å². The fraction of sp³-hybridized carbons (Fsp3) is 0.412. The van der Waals surface area contributed by atoms with E-state index in [1.165, 1.54) is 4.90 Å². The number of aromatic nitrogens is 2. The Labute approximate surface area is 142 Å². The molecule has 2 aromatic rings. The highest BCUT2D eigenvalue weighted by atomic mass is 35.5. The van der Waals surface area contributed by atoms with Crippen LogP contribution in [0.15, 0.2) is 30.5 Å². The van der Waals surface area contributed by atoms with Crippen LogP contribution in [0.5, 0.6) is 0 Å². The number of halogens is 1. The van der Waals surface area contributed by atoms with Gasteiger partial charge in [0.1, 0.15) is 0 Å². The smallest absolute Gasteiger partial charge is 0.254 e. The normalized spacial score (nSPS) is 11.0. The maximum absolute atomic E-state index is 12.4. The second-order valence-electron chi connectivity index (χ2n) is 5.86. The van der Waals surface area contributed by atoms with E-state index < -0.39 is 0 Å². The van der Waals surface area contributed by atoms with Crippen molar-refractivity contribution in [3.05, 3.63) is 46.7 Å². The van der Waals surface area contributed by atoms with E-state index in [0.717, 1.165) is 30.8 Å². The number of hydrogen-bond acceptors (Lipinski definition) is 2. The minimum Gasteiger partial charge on any atom is -0.346 e. The molecule has 0 aliphatic carbocycles. The van der Waals surface area contributed by atoms with E-state index in [1.54, 1.807) is 6.20 Å². The number of amides is 1. The van der Waals surface area contributed by atoms with E-state index >= 15 is 0 Å². The van der Waals surface area contributed by atoms with Crippen molar-refractivity contribution in [2.75, 3.05) is 27.2 Å². The first kappa shape index (κ1) is 17.5. The number of benzene rings is 1. The van der Waals surface area contributed by atoms with Gasteiger partial charge in [-0.25, -0.2) is 4.68 Å². The number of quaternary nitrogens is 1. The van der Waals surface area contributed by atoms with Crippen LogP contribution in [-0.2, 0) is 6.42 Å². The lowest BCUT2D eigenvalue weighted by molar-refractivity contribution is -0.856. The standard InChI is InChI=1S/C17H23ClN4O/c1-4-6-16-15(17(23)19-9-10-21(2)3)12-20-22(16)14-8-5-7-13(18)11-14/h5,7-8,11-12H,4,6,9-10H2,1-3H3,(H,19,23)/p+1. The molecule has 5 nitrogen and oxygen atoms in total. The van der Waals surface area contributed by atoms with Gasteiger partial charge in [-0.05, 0) is 24.6 Å². The molecule has 0 saturated heterocycles. The molecule has 0 aliphatic rings. The minimum absolute atomic E-state index is 0.0667. The van der Waals surface area contributed by atoms with Gasteiger partial charge < -0.3 is 10.2 Å². The first-order valence-corrected chi connectivity index (χ1v) is 8.30. The van der Waals surface area contributed by atoms with Crippen LogP contribution >= 0.6 is 11.6 Å². The molecule has 0 spiro atoms. The van der Waals surface area contributed by atoms with E-state index in [9.17, 15) is 4.79 Å². The van der Waals surface area contributed by atoms with Gasteiger partial charge in [0, 0.05) is 5.02 Å². The first-order valence-electron chi connectivity index (χ1n) is 7.93.